The van der Waals surface area contributed by atoms with E-state index >= 15 is 0 Å². The summed E-state index contributed by atoms with van der Waals surface area (Å²) in [5.41, 5.74) is 0. The van der Waals surface area contributed by atoms with Gasteiger partial charge in [-0.1, -0.05) is 18.2 Å². The van der Waals surface area contributed by atoms with Crippen molar-refractivity contribution in [2.75, 3.05) is 46.0 Å². The van der Waals surface area contributed by atoms with E-state index in [9.17, 15) is 4.79 Å². The van der Waals surface area contributed by atoms with Crippen LogP contribution in [0, 0.1) is 0 Å². The van der Waals surface area contributed by atoms with Crippen LogP contribution >= 0.6 is 11.8 Å². The van der Waals surface area contributed by atoms with Crippen molar-refractivity contribution in [2.24, 2.45) is 4.99 Å². The van der Waals surface area contributed by atoms with E-state index < -0.39 is 0 Å². The van der Waals surface area contributed by atoms with Gasteiger partial charge in [-0.3, -0.25) is 4.79 Å². The number of nitrogens with one attached hydrogen (secondary N) is 1. The standard InChI is InChI=1S/C18H28N4OS/c1-21(2)17(23)15-20-18(22-12-7-4-8-13-22)19-11-14-24-16-9-5-3-6-10-16/h3,5-6,9-10H,4,7-8,11-15H2,1-2H3,(H,19,20). The molecule has 1 fully saturated rings. The van der Waals surface area contributed by atoms with E-state index in [2.05, 4.69) is 39.5 Å². The van der Waals surface area contributed by atoms with E-state index in [1.165, 1.54) is 24.2 Å². The lowest BCUT2D eigenvalue weighted by Gasteiger charge is -2.30. The number of likely N-dealkylation sites (tertiary alicyclic amines) is 1. The number of thioether (sulfide) groups is 1. The number of benzene rings is 1. The van der Waals surface area contributed by atoms with E-state index in [0.717, 1.165) is 31.3 Å². The summed E-state index contributed by atoms with van der Waals surface area (Å²) in [5, 5.41) is 3.44. The summed E-state index contributed by atoms with van der Waals surface area (Å²) >= 11 is 1.83. The highest BCUT2D eigenvalue weighted by molar-refractivity contribution is 7.99. The zero-order valence-electron chi connectivity index (χ0n) is 14.7. The number of nitrogens with zero attached hydrogens (tertiary/aromatic N) is 3. The first-order chi connectivity index (χ1) is 11.7. The molecule has 1 aliphatic heterocycles. The number of amides is 1. The zero-order valence-corrected chi connectivity index (χ0v) is 15.5. The first-order valence-electron chi connectivity index (χ1n) is 8.58. The first kappa shape index (κ1) is 18.6. The topological polar surface area (TPSA) is 47.9 Å². The summed E-state index contributed by atoms with van der Waals surface area (Å²) in [6, 6.07) is 10.4. The van der Waals surface area contributed by atoms with Gasteiger partial charge in [0.1, 0.15) is 6.54 Å². The minimum Gasteiger partial charge on any atom is -0.355 e. The molecule has 6 heteroatoms. The third-order valence-electron chi connectivity index (χ3n) is 3.92. The lowest BCUT2D eigenvalue weighted by molar-refractivity contribution is -0.127. The molecule has 0 unspecified atom stereocenters. The van der Waals surface area contributed by atoms with Crippen LogP contribution < -0.4 is 5.32 Å². The summed E-state index contributed by atoms with van der Waals surface area (Å²) in [6.07, 6.45) is 3.67. The quantitative estimate of drug-likeness (QED) is 0.371. The van der Waals surface area contributed by atoms with Crippen LogP contribution in [-0.4, -0.2) is 67.7 Å². The fourth-order valence-electron chi connectivity index (χ4n) is 2.51. The summed E-state index contributed by atoms with van der Waals surface area (Å²) in [4.78, 5) is 21.5. The molecule has 0 spiro atoms. The fraction of sp³-hybridized carbons (Fsp3) is 0.556. The van der Waals surface area contributed by atoms with E-state index in [-0.39, 0.29) is 12.5 Å². The van der Waals surface area contributed by atoms with Gasteiger partial charge in [0.05, 0.1) is 0 Å². The van der Waals surface area contributed by atoms with Gasteiger partial charge in [0, 0.05) is 44.4 Å². The highest BCUT2D eigenvalue weighted by atomic mass is 32.2. The molecule has 1 heterocycles. The van der Waals surface area contributed by atoms with Crippen molar-refractivity contribution in [2.45, 2.75) is 24.2 Å². The van der Waals surface area contributed by atoms with Crippen molar-refractivity contribution in [1.29, 1.82) is 0 Å². The average Bonchev–Trinajstić information content (AvgIpc) is 2.62. The van der Waals surface area contributed by atoms with Gasteiger partial charge < -0.3 is 15.1 Å². The van der Waals surface area contributed by atoms with Gasteiger partial charge in [-0.15, -0.1) is 11.8 Å². The van der Waals surface area contributed by atoms with Crippen molar-refractivity contribution in [1.82, 2.24) is 15.1 Å². The number of aliphatic imine (C=N–C) groups is 1. The monoisotopic (exact) mass is 348 g/mol. The molecule has 1 N–H and O–H groups in total. The third kappa shape index (κ3) is 6.43. The van der Waals surface area contributed by atoms with Crippen molar-refractivity contribution in [3.63, 3.8) is 0 Å². The smallest absolute Gasteiger partial charge is 0.243 e. The van der Waals surface area contributed by atoms with Crippen LogP contribution in [0.2, 0.25) is 0 Å². The summed E-state index contributed by atoms with van der Waals surface area (Å²) in [6.45, 7) is 3.09. The molecule has 2 rings (SSSR count). The highest BCUT2D eigenvalue weighted by Gasteiger charge is 2.15. The Bertz CT molecular complexity index is 527. The molecular formula is C18H28N4OS. The Morgan fingerprint density at radius 2 is 1.92 bits per heavy atom. The largest absolute Gasteiger partial charge is 0.355 e. The Balaban J connectivity index is 1.85. The van der Waals surface area contributed by atoms with Crippen LogP contribution in [0.1, 0.15) is 19.3 Å². The Kier molecular flexibility index (Phi) is 7.95. The summed E-state index contributed by atoms with van der Waals surface area (Å²) < 4.78 is 0. The minimum absolute atomic E-state index is 0.0324. The van der Waals surface area contributed by atoms with Crippen molar-refractivity contribution in [3.8, 4) is 0 Å². The predicted molar refractivity (Wildman–Crippen MR) is 102 cm³/mol. The van der Waals surface area contributed by atoms with Gasteiger partial charge in [-0.2, -0.15) is 0 Å². The van der Waals surface area contributed by atoms with Gasteiger partial charge >= 0.3 is 0 Å². The maximum absolute atomic E-state index is 11.8. The number of hydrogen-bond donors (Lipinski definition) is 1. The van der Waals surface area contributed by atoms with E-state index in [1.54, 1.807) is 19.0 Å². The lowest BCUT2D eigenvalue weighted by Crippen LogP contribution is -2.45. The third-order valence-corrected chi connectivity index (χ3v) is 4.93. The number of carbonyl (C=O) groups is 1. The maximum atomic E-state index is 11.8. The second kappa shape index (κ2) is 10.2. The molecule has 0 bridgehead atoms. The Labute approximate surface area is 149 Å². The van der Waals surface area contributed by atoms with Crippen molar-refractivity contribution >= 4 is 23.6 Å². The number of carbonyl (C=O) groups excluding carboxylic acids is 1. The molecule has 1 amide bonds. The Hall–Kier alpha value is -1.69. The van der Waals surface area contributed by atoms with Gasteiger partial charge in [-0.25, -0.2) is 4.99 Å². The fourth-order valence-corrected chi connectivity index (χ4v) is 3.30. The molecule has 1 aromatic carbocycles. The molecule has 0 aliphatic carbocycles. The van der Waals surface area contributed by atoms with Gasteiger partial charge in [0.15, 0.2) is 5.96 Å². The molecule has 0 atom stereocenters. The number of rotatable bonds is 6. The summed E-state index contributed by atoms with van der Waals surface area (Å²) in [5.74, 6) is 1.88. The minimum atomic E-state index is 0.0324. The van der Waals surface area contributed by atoms with Crippen molar-refractivity contribution < 1.29 is 4.79 Å². The number of likely N-dealkylation sites (N-methyl/N-ethyl adjacent to an activating group) is 1. The normalized spacial score (nSPS) is 15.2. The van der Waals surface area contributed by atoms with Crippen molar-refractivity contribution in [3.05, 3.63) is 30.3 Å². The molecule has 0 radical (unpaired) electrons. The van der Waals surface area contributed by atoms with E-state index in [4.69, 9.17) is 0 Å². The van der Waals surface area contributed by atoms with E-state index in [0.29, 0.717) is 0 Å². The van der Waals surface area contributed by atoms with Crippen LogP contribution in [0.25, 0.3) is 0 Å². The highest BCUT2D eigenvalue weighted by Crippen LogP contribution is 2.16. The molecule has 0 saturated carbocycles. The molecule has 132 valence electrons. The molecule has 5 nitrogen and oxygen atoms in total. The van der Waals surface area contributed by atoms with Gasteiger partial charge in [-0.05, 0) is 31.4 Å². The average molecular weight is 349 g/mol. The Morgan fingerprint density at radius 3 is 2.58 bits per heavy atom. The predicted octanol–water partition coefficient (Wildman–Crippen LogP) is 2.30. The lowest BCUT2D eigenvalue weighted by atomic mass is 10.1. The number of piperidine rings is 1. The van der Waals surface area contributed by atoms with Crippen LogP contribution in [0.4, 0.5) is 0 Å². The molecular weight excluding hydrogens is 320 g/mol. The van der Waals surface area contributed by atoms with Crippen LogP contribution in [-0.2, 0) is 4.79 Å². The maximum Gasteiger partial charge on any atom is 0.243 e. The van der Waals surface area contributed by atoms with Crippen LogP contribution in [0.3, 0.4) is 0 Å². The second-order valence-corrected chi connectivity index (χ2v) is 7.23. The molecule has 1 aromatic rings. The van der Waals surface area contributed by atoms with Crippen LogP contribution in [0.5, 0.6) is 0 Å². The van der Waals surface area contributed by atoms with Gasteiger partial charge in [0.2, 0.25) is 5.91 Å². The number of guanidine groups is 1. The Morgan fingerprint density at radius 1 is 1.21 bits per heavy atom. The van der Waals surface area contributed by atoms with E-state index in [1.807, 2.05) is 17.8 Å². The zero-order chi connectivity index (χ0) is 17.2. The molecule has 0 aromatic heterocycles. The first-order valence-corrected chi connectivity index (χ1v) is 9.56. The number of hydrogen-bond acceptors (Lipinski definition) is 3. The molecule has 1 aliphatic rings. The second-order valence-electron chi connectivity index (χ2n) is 6.06. The molecule has 1 saturated heterocycles. The SMILES string of the molecule is CN(C)C(=O)CN=C(NCCSc1ccccc1)N1CCCCC1. The summed E-state index contributed by atoms with van der Waals surface area (Å²) in [7, 11) is 3.53. The van der Waals surface area contributed by atoms with Crippen LogP contribution in [0.15, 0.2) is 40.2 Å². The molecule has 24 heavy (non-hydrogen) atoms. The van der Waals surface area contributed by atoms with Gasteiger partial charge in [0.25, 0.3) is 0 Å².